The van der Waals surface area contributed by atoms with E-state index in [2.05, 4.69) is 9.88 Å². The monoisotopic (exact) mass is 379 g/mol. The fraction of sp³-hybridized carbons (Fsp3) is 0.318. The summed E-state index contributed by atoms with van der Waals surface area (Å²) in [5, 5.41) is 14.2. The van der Waals surface area contributed by atoms with Crippen LogP contribution in [-0.2, 0) is 0 Å². The zero-order valence-corrected chi connectivity index (χ0v) is 15.9. The van der Waals surface area contributed by atoms with E-state index in [0.29, 0.717) is 5.56 Å². The van der Waals surface area contributed by atoms with Gasteiger partial charge < -0.3 is 25.5 Å². The number of methoxy groups -OCH3 is 1. The van der Waals surface area contributed by atoms with E-state index in [1.807, 2.05) is 42.6 Å². The first kappa shape index (κ1) is 18.4. The molecule has 1 aliphatic carbocycles. The number of nitrogens with two attached hydrogens (primary N) is 1. The van der Waals surface area contributed by atoms with Crippen LogP contribution in [0.5, 0.6) is 5.75 Å². The van der Waals surface area contributed by atoms with Crippen LogP contribution in [0.15, 0.2) is 48.7 Å². The fourth-order valence-corrected chi connectivity index (χ4v) is 4.00. The average Bonchev–Trinajstić information content (AvgIpc) is 3.13. The van der Waals surface area contributed by atoms with Gasteiger partial charge in [-0.05, 0) is 62.1 Å². The number of aromatic nitrogens is 1. The summed E-state index contributed by atoms with van der Waals surface area (Å²) < 4.78 is 7.52. The van der Waals surface area contributed by atoms with Crippen molar-refractivity contribution in [2.24, 2.45) is 5.73 Å². The van der Waals surface area contributed by atoms with E-state index in [1.54, 1.807) is 13.2 Å². The number of amides is 1. The van der Waals surface area contributed by atoms with Gasteiger partial charge in [-0.25, -0.2) is 0 Å². The zero-order valence-electron chi connectivity index (χ0n) is 15.9. The number of anilines is 1. The molecule has 4 N–H and O–H groups in total. The first-order chi connectivity index (χ1) is 13.6. The van der Waals surface area contributed by atoms with Crippen molar-refractivity contribution in [3.05, 3.63) is 54.2 Å². The number of hydrogen-bond donors (Lipinski definition) is 3. The van der Waals surface area contributed by atoms with Gasteiger partial charge in [0.15, 0.2) is 0 Å². The third kappa shape index (κ3) is 3.43. The standard InChI is InChI=1S/C22H25N3O3/c1-28-21-4-2-3-20-18(21)11-12-25(20)15-7-10-17(22(23)27)19(13-15)24-14-5-8-16(26)9-6-14/h2-4,7,10-14,16,24,26H,5-6,8-9H2,1H3,(H2,23,27). The lowest BCUT2D eigenvalue weighted by atomic mass is 9.92. The molecule has 1 fully saturated rings. The molecule has 0 unspecified atom stereocenters. The van der Waals surface area contributed by atoms with Gasteiger partial charge in [-0.1, -0.05) is 6.07 Å². The van der Waals surface area contributed by atoms with Crippen molar-refractivity contribution in [2.75, 3.05) is 12.4 Å². The summed E-state index contributed by atoms with van der Waals surface area (Å²) >= 11 is 0. The smallest absolute Gasteiger partial charge is 0.250 e. The molecule has 1 aliphatic rings. The van der Waals surface area contributed by atoms with E-state index in [0.717, 1.165) is 53.7 Å². The maximum absolute atomic E-state index is 11.9. The fourth-order valence-electron chi connectivity index (χ4n) is 4.00. The zero-order chi connectivity index (χ0) is 19.7. The molecule has 6 nitrogen and oxygen atoms in total. The number of aliphatic hydroxyl groups is 1. The maximum Gasteiger partial charge on any atom is 0.250 e. The highest BCUT2D eigenvalue weighted by Gasteiger charge is 2.21. The van der Waals surface area contributed by atoms with Crippen LogP contribution in [0.1, 0.15) is 36.0 Å². The van der Waals surface area contributed by atoms with Crippen LogP contribution in [0, 0.1) is 0 Å². The van der Waals surface area contributed by atoms with Crippen molar-refractivity contribution < 1.29 is 14.6 Å². The Kier molecular flexibility index (Phi) is 4.96. The number of carbonyl (C=O) groups excluding carboxylic acids is 1. The number of hydrogen-bond acceptors (Lipinski definition) is 4. The molecule has 146 valence electrons. The topological polar surface area (TPSA) is 89.5 Å². The van der Waals surface area contributed by atoms with Gasteiger partial charge in [-0.3, -0.25) is 4.79 Å². The third-order valence-corrected chi connectivity index (χ3v) is 5.52. The molecule has 2 aromatic carbocycles. The number of fused-ring (bicyclic) bond motifs is 1. The second-order valence-corrected chi connectivity index (χ2v) is 7.32. The molecule has 6 heteroatoms. The number of primary amides is 1. The van der Waals surface area contributed by atoms with E-state index in [9.17, 15) is 9.90 Å². The largest absolute Gasteiger partial charge is 0.496 e. The normalized spacial score (nSPS) is 19.5. The highest BCUT2D eigenvalue weighted by atomic mass is 16.5. The van der Waals surface area contributed by atoms with Gasteiger partial charge in [0.2, 0.25) is 0 Å². The van der Waals surface area contributed by atoms with Gasteiger partial charge in [0.25, 0.3) is 5.91 Å². The predicted molar refractivity (Wildman–Crippen MR) is 110 cm³/mol. The van der Waals surface area contributed by atoms with Crippen LogP contribution in [-0.4, -0.2) is 34.8 Å². The quantitative estimate of drug-likeness (QED) is 0.633. The Labute approximate surface area is 163 Å². The minimum atomic E-state index is -0.455. The highest BCUT2D eigenvalue weighted by molar-refractivity contribution is 5.99. The van der Waals surface area contributed by atoms with E-state index in [-0.39, 0.29) is 12.1 Å². The van der Waals surface area contributed by atoms with Crippen molar-refractivity contribution in [3.63, 3.8) is 0 Å². The summed E-state index contributed by atoms with van der Waals surface area (Å²) in [5.74, 6) is 0.369. The molecule has 1 amide bonds. The first-order valence-corrected chi connectivity index (χ1v) is 9.59. The van der Waals surface area contributed by atoms with Crippen molar-refractivity contribution in [2.45, 2.75) is 37.8 Å². The Morgan fingerprint density at radius 2 is 1.96 bits per heavy atom. The molecular formula is C22H25N3O3. The number of nitrogens with zero attached hydrogens (tertiary/aromatic N) is 1. The average molecular weight is 379 g/mol. The minimum Gasteiger partial charge on any atom is -0.496 e. The number of aliphatic hydroxyl groups excluding tert-OH is 1. The Balaban J connectivity index is 1.72. The Bertz CT molecular complexity index is 1000. The first-order valence-electron chi connectivity index (χ1n) is 9.59. The van der Waals surface area contributed by atoms with Crippen molar-refractivity contribution in [1.29, 1.82) is 0 Å². The molecule has 0 spiro atoms. The number of rotatable bonds is 5. The maximum atomic E-state index is 11.9. The molecule has 0 atom stereocenters. The summed E-state index contributed by atoms with van der Waals surface area (Å²) in [6, 6.07) is 13.8. The van der Waals surface area contributed by atoms with Crippen LogP contribution in [0.25, 0.3) is 16.6 Å². The van der Waals surface area contributed by atoms with Crippen LogP contribution in [0.2, 0.25) is 0 Å². The molecule has 28 heavy (non-hydrogen) atoms. The molecule has 1 heterocycles. The summed E-state index contributed by atoms with van der Waals surface area (Å²) in [7, 11) is 1.66. The molecule has 0 bridgehead atoms. The highest BCUT2D eigenvalue weighted by Crippen LogP contribution is 2.31. The SMILES string of the molecule is COc1cccc2c1ccn2-c1ccc(C(N)=O)c(NC2CCC(O)CC2)c1. The van der Waals surface area contributed by atoms with Crippen LogP contribution < -0.4 is 15.8 Å². The molecule has 4 rings (SSSR count). The Hall–Kier alpha value is -2.99. The molecular weight excluding hydrogens is 354 g/mol. The van der Waals surface area contributed by atoms with Gasteiger partial charge in [0, 0.05) is 29.0 Å². The summed E-state index contributed by atoms with van der Waals surface area (Å²) in [5.41, 5.74) is 8.77. The Morgan fingerprint density at radius 3 is 2.68 bits per heavy atom. The summed E-state index contributed by atoms with van der Waals surface area (Å²) in [6.45, 7) is 0. The van der Waals surface area contributed by atoms with Crippen molar-refractivity contribution in [3.8, 4) is 11.4 Å². The third-order valence-electron chi connectivity index (χ3n) is 5.52. The van der Waals surface area contributed by atoms with Crippen molar-refractivity contribution in [1.82, 2.24) is 4.57 Å². The molecule has 0 saturated heterocycles. The van der Waals surface area contributed by atoms with Gasteiger partial charge >= 0.3 is 0 Å². The second-order valence-electron chi connectivity index (χ2n) is 7.32. The van der Waals surface area contributed by atoms with E-state index < -0.39 is 5.91 Å². The number of ether oxygens (including phenoxy) is 1. The van der Waals surface area contributed by atoms with Gasteiger partial charge in [0.1, 0.15) is 5.75 Å². The van der Waals surface area contributed by atoms with E-state index in [1.165, 1.54) is 0 Å². The van der Waals surface area contributed by atoms with E-state index in [4.69, 9.17) is 10.5 Å². The van der Waals surface area contributed by atoms with Gasteiger partial charge in [-0.2, -0.15) is 0 Å². The van der Waals surface area contributed by atoms with Crippen LogP contribution >= 0.6 is 0 Å². The van der Waals surface area contributed by atoms with Gasteiger partial charge in [-0.15, -0.1) is 0 Å². The number of carbonyl (C=O) groups is 1. The molecule has 1 saturated carbocycles. The molecule has 3 aromatic rings. The van der Waals surface area contributed by atoms with Crippen LogP contribution in [0.4, 0.5) is 5.69 Å². The lowest BCUT2D eigenvalue weighted by Gasteiger charge is -2.28. The number of benzene rings is 2. The summed E-state index contributed by atoms with van der Waals surface area (Å²) in [4.78, 5) is 11.9. The molecule has 1 aromatic heterocycles. The van der Waals surface area contributed by atoms with Gasteiger partial charge in [0.05, 0.1) is 24.3 Å². The lowest BCUT2D eigenvalue weighted by Crippen LogP contribution is -2.29. The summed E-state index contributed by atoms with van der Waals surface area (Å²) in [6.07, 6.45) is 5.05. The lowest BCUT2D eigenvalue weighted by molar-refractivity contribution is 0.100. The second kappa shape index (κ2) is 7.56. The minimum absolute atomic E-state index is 0.221. The predicted octanol–water partition coefficient (Wildman–Crippen LogP) is 3.45. The Morgan fingerprint density at radius 1 is 1.18 bits per heavy atom. The molecule has 0 aliphatic heterocycles. The van der Waals surface area contributed by atoms with Crippen molar-refractivity contribution >= 4 is 22.5 Å². The van der Waals surface area contributed by atoms with E-state index >= 15 is 0 Å². The molecule has 0 radical (unpaired) electrons. The van der Waals surface area contributed by atoms with Crippen LogP contribution in [0.3, 0.4) is 0 Å². The number of nitrogens with one attached hydrogen (secondary N) is 1.